The van der Waals surface area contributed by atoms with Crippen LogP contribution in [0.2, 0.25) is 5.15 Å². The van der Waals surface area contributed by atoms with E-state index in [9.17, 15) is 4.79 Å². The van der Waals surface area contributed by atoms with E-state index >= 15 is 0 Å². The number of hydrogen-bond acceptors (Lipinski definition) is 6. The maximum Gasteiger partial charge on any atom is 0.239 e. The quantitative estimate of drug-likeness (QED) is 0.556. The van der Waals surface area contributed by atoms with Crippen molar-refractivity contribution in [2.75, 3.05) is 44.5 Å². The van der Waals surface area contributed by atoms with Gasteiger partial charge in [-0.05, 0) is 0 Å². The Bertz CT molecular complexity index is 395. The lowest BCUT2D eigenvalue weighted by molar-refractivity contribution is -0.119. The van der Waals surface area contributed by atoms with Crippen LogP contribution in [0.4, 0.5) is 11.8 Å². The molecule has 8 heteroatoms. The molecule has 3 N–H and O–H groups in total. The lowest BCUT2D eigenvalue weighted by atomic mass is 10.4. The van der Waals surface area contributed by atoms with E-state index in [1.165, 1.54) is 0 Å². The molecule has 0 aliphatic carbocycles. The van der Waals surface area contributed by atoms with Gasteiger partial charge in [0.15, 0.2) is 0 Å². The fraction of sp³-hybridized carbons (Fsp3) is 0.500. The zero-order chi connectivity index (χ0) is 13.5. The van der Waals surface area contributed by atoms with Gasteiger partial charge in [0.1, 0.15) is 11.0 Å². The Morgan fingerprint density at radius 2 is 2.33 bits per heavy atom. The average Bonchev–Trinajstić information content (AvgIpc) is 2.28. The van der Waals surface area contributed by atoms with E-state index in [0.29, 0.717) is 19.0 Å². The number of aromatic nitrogens is 2. The van der Waals surface area contributed by atoms with Gasteiger partial charge in [-0.3, -0.25) is 4.79 Å². The zero-order valence-corrected chi connectivity index (χ0v) is 11.1. The summed E-state index contributed by atoms with van der Waals surface area (Å²) in [4.78, 5) is 20.9. The first-order valence-electron chi connectivity index (χ1n) is 5.29. The summed E-state index contributed by atoms with van der Waals surface area (Å²) >= 11 is 5.76. The van der Waals surface area contributed by atoms with Crippen molar-refractivity contribution in [3.05, 3.63) is 11.2 Å². The third-order valence-electron chi connectivity index (χ3n) is 2.10. The van der Waals surface area contributed by atoms with Crippen LogP contribution in [0.3, 0.4) is 0 Å². The molecular formula is C10H16ClN5O2. The number of ether oxygens (including phenoxy) is 1. The first-order chi connectivity index (χ1) is 8.52. The summed E-state index contributed by atoms with van der Waals surface area (Å²) in [6, 6.07) is 1.54. The number of methoxy groups -OCH3 is 1. The van der Waals surface area contributed by atoms with Crippen molar-refractivity contribution in [2.24, 2.45) is 0 Å². The number of carbonyl (C=O) groups is 1. The van der Waals surface area contributed by atoms with Gasteiger partial charge in [-0.2, -0.15) is 4.98 Å². The van der Waals surface area contributed by atoms with E-state index < -0.39 is 0 Å². The smallest absolute Gasteiger partial charge is 0.239 e. The van der Waals surface area contributed by atoms with Crippen LogP contribution >= 0.6 is 11.6 Å². The van der Waals surface area contributed by atoms with Crippen molar-refractivity contribution in [1.29, 1.82) is 0 Å². The van der Waals surface area contributed by atoms with Crippen LogP contribution in [-0.4, -0.2) is 49.7 Å². The van der Waals surface area contributed by atoms with Gasteiger partial charge in [0, 0.05) is 26.8 Å². The molecule has 7 nitrogen and oxygen atoms in total. The summed E-state index contributed by atoms with van der Waals surface area (Å²) in [7, 11) is 3.29. The molecule has 100 valence electrons. The van der Waals surface area contributed by atoms with Crippen LogP contribution in [0.25, 0.3) is 0 Å². The molecule has 0 radical (unpaired) electrons. The number of nitrogens with zero attached hydrogens (tertiary/aromatic N) is 3. The summed E-state index contributed by atoms with van der Waals surface area (Å²) in [6.07, 6.45) is 0. The first kappa shape index (κ1) is 14.5. The zero-order valence-electron chi connectivity index (χ0n) is 10.3. The summed E-state index contributed by atoms with van der Waals surface area (Å²) in [6.45, 7) is 1.09. The monoisotopic (exact) mass is 273 g/mol. The minimum Gasteiger partial charge on any atom is -0.383 e. The van der Waals surface area contributed by atoms with Gasteiger partial charge < -0.3 is 20.7 Å². The number of rotatable bonds is 6. The number of nitrogens with two attached hydrogens (primary N) is 1. The molecule has 0 aromatic carbocycles. The number of carbonyl (C=O) groups excluding carboxylic acids is 1. The fourth-order valence-corrected chi connectivity index (χ4v) is 1.45. The Hall–Kier alpha value is -1.60. The van der Waals surface area contributed by atoms with E-state index in [1.54, 1.807) is 25.1 Å². The molecule has 0 aliphatic rings. The van der Waals surface area contributed by atoms with E-state index in [-0.39, 0.29) is 23.6 Å². The van der Waals surface area contributed by atoms with Gasteiger partial charge >= 0.3 is 0 Å². The van der Waals surface area contributed by atoms with Crippen molar-refractivity contribution in [2.45, 2.75) is 0 Å². The van der Waals surface area contributed by atoms with Gasteiger partial charge in [-0.1, -0.05) is 11.6 Å². The second-order valence-corrected chi connectivity index (χ2v) is 3.99. The van der Waals surface area contributed by atoms with Crippen molar-refractivity contribution in [1.82, 2.24) is 15.3 Å². The number of likely N-dealkylation sites (N-methyl/N-ethyl adjacent to an activating group) is 1. The second kappa shape index (κ2) is 6.97. The molecule has 18 heavy (non-hydrogen) atoms. The largest absolute Gasteiger partial charge is 0.383 e. The predicted molar refractivity (Wildman–Crippen MR) is 69.6 cm³/mol. The average molecular weight is 274 g/mol. The maximum absolute atomic E-state index is 11.6. The predicted octanol–water partition coefficient (Wildman–Crippen LogP) is -0.0890. The normalized spacial score (nSPS) is 10.2. The van der Waals surface area contributed by atoms with Crippen molar-refractivity contribution in [3.8, 4) is 0 Å². The van der Waals surface area contributed by atoms with E-state index in [0.717, 1.165) is 0 Å². The molecule has 0 fully saturated rings. The number of anilines is 2. The molecule has 0 bridgehead atoms. The molecule has 1 aromatic heterocycles. The molecular weight excluding hydrogens is 258 g/mol. The Balaban J connectivity index is 2.53. The summed E-state index contributed by atoms with van der Waals surface area (Å²) in [5, 5.41) is 2.94. The number of halogens is 1. The minimum atomic E-state index is -0.136. The van der Waals surface area contributed by atoms with Gasteiger partial charge in [-0.15, -0.1) is 0 Å². The Morgan fingerprint density at radius 3 is 2.94 bits per heavy atom. The van der Waals surface area contributed by atoms with Crippen molar-refractivity contribution in [3.63, 3.8) is 0 Å². The molecule has 0 atom stereocenters. The molecule has 0 spiro atoms. The SMILES string of the molecule is COCCNC(=O)CN(C)c1cc(Cl)nc(N)n1. The van der Waals surface area contributed by atoms with E-state index in [4.69, 9.17) is 22.1 Å². The van der Waals surface area contributed by atoms with Crippen LogP contribution < -0.4 is 16.0 Å². The molecule has 0 saturated heterocycles. The standard InChI is InChI=1S/C10H16ClN5O2/c1-16(6-9(17)13-3-4-18-2)8-5-7(11)14-10(12)15-8/h5H,3-4,6H2,1-2H3,(H,13,17)(H2,12,14,15). The fourth-order valence-electron chi connectivity index (χ4n) is 1.26. The number of nitrogens with one attached hydrogen (secondary N) is 1. The first-order valence-corrected chi connectivity index (χ1v) is 5.67. The minimum absolute atomic E-state index is 0.0733. The lowest BCUT2D eigenvalue weighted by Gasteiger charge is -2.17. The van der Waals surface area contributed by atoms with Gasteiger partial charge in [0.25, 0.3) is 0 Å². The highest BCUT2D eigenvalue weighted by Crippen LogP contribution is 2.15. The molecule has 0 aliphatic heterocycles. The maximum atomic E-state index is 11.6. The molecule has 1 heterocycles. The highest BCUT2D eigenvalue weighted by Gasteiger charge is 2.10. The van der Waals surface area contributed by atoms with Crippen molar-refractivity contribution < 1.29 is 9.53 Å². The van der Waals surface area contributed by atoms with E-state index in [1.807, 2.05) is 0 Å². The number of hydrogen-bond donors (Lipinski definition) is 2. The third-order valence-corrected chi connectivity index (χ3v) is 2.29. The molecule has 0 saturated carbocycles. The second-order valence-electron chi connectivity index (χ2n) is 3.61. The topological polar surface area (TPSA) is 93.4 Å². The summed E-state index contributed by atoms with van der Waals surface area (Å²) < 4.78 is 4.83. The van der Waals surface area contributed by atoms with Gasteiger partial charge in [-0.25, -0.2) is 4.98 Å². The van der Waals surface area contributed by atoms with Crippen molar-refractivity contribution >= 4 is 29.3 Å². The number of amides is 1. The third kappa shape index (κ3) is 4.72. The Labute approximate surface area is 110 Å². The highest BCUT2D eigenvalue weighted by atomic mass is 35.5. The van der Waals surface area contributed by atoms with Gasteiger partial charge in [0.2, 0.25) is 11.9 Å². The van der Waals surface area contributed by atoms with Crippen LogP contribution in [0.15, 0.2) is 6.07 Å². The van der Waals surface area contributed by atoms with Crippen LogP contribution in [0, 0.1) is 0 Å². The molecule has 1 rings (SSSR count). The van der Waals surface area contributed by atoms with Crippen LogP contribution in [0.1, 0.15) is 0 Å². The highest BCUT2D eigenvalue weighted by molar-refractivity contribution is 6.29. The van der Waals surface area contributed by atoms with Crippen LogP contribution in [0.5, 0.6) is 0 Å². The van der Waals surface area contributed by atoms with Gasteiger partial charge in [0.05, 0.1) is 13.2 Å². The lowest BCUT2D eigenvalue weighted by Crippen LogP contribution is -2.37. The molecule has 1 aromatic rings. The van der Waals surface area contributed by atoms with E-state index in [2.05, 4.69) is 15.3 Å². The van der Waals surface area contributed by atoms with Crippen LogP contribution in [-0.2, 0) is 9.53 Å². The molecule has 1 amide bonds. The summed E-state index contributed by atoms with van der Waals surface area (Å²) in [5.41, 5.74) is 5.48. The molecule has 0 unspecified atom stereocenters. The summed E-state index contributed by atoms with van der Waals surface area (Å²) in [5.74, 6) is 0.432. The number of nitrogen functional groups attached to an aromatic ring is 1. The Morgan fingerprint density at radius 1 is 1.61 bits per heavy atom. The Kier molecular flexibility index (Phi) is 5.60.